The molecule has 0 saturated carbocycles. The molecule has 0 aliphatic heterocycles. The van der Waals surface area contributed by atoms with Gasteiger partial charge in [0.05, 0.1) is 20.6 Å². The fourth-order valence-corrected chi connectivity index (χ4v) is 2.42. The van der Waals surface area contributed by atoms with Gasteiger partial charge >= 0.3 is 0 Å². The Bertz CT molecular complexity index is 308. The van der Waals surface area contributed by atoms with E-state index < -0.39 is 0 Å². The average molecular weight is 265 g/mol. The summed E-state index contributed by atoms with van der Waals surface area (Å²) in [5.74, 6) is 0. The molecule has 0 aromatic heterocycles. The number of rotatable bonds is 9. The van der Waals surface area contributed by atoms with Crippen molar-refractivity contribution >= 4 is 5.69 Å². The predicted octanol–water partition coefficient (Wildman–Crippen LogP) is 4.83. The van der Waals surface area contributed by atoms with Crippen LogP contribution in [0.15, 0.2) is 30.3 Å². The Hall–Kier alpha value is -0.860. The Balaban J connectivity index is 0.00000324. The van der Waals surface area contributed by atoms with E-state index in [0.717, 1.165) is 4.48 Å². The average Bonchev–Trinajstić information content (AvgIpc) is 2.39. The number of unbranched alkanes of at least 4 members (excludes halogenated alkanes) is 6. The third kappa shape index (κ3) is 7.34. The second kappa shape index (κ2) is 9.99. The molecule has 0 spiro atoms. The van der Waals surface area contributed by atoms with Crippen LogP contribution < -0.4 is 4.48 Å². The van der Waals surface area contributed by atoms with Crippen LogP contribution in [0.4, 0.5) is 5.69 Å². The number of quaternary nitrogens is 1. The van der Waals surface area contributed by atoms with Crippen molar-refractivity contribution in [2.24, 2.45) is 0 Å². The van der Waals surface area contributed by atoms with Crippen LogP contribution in [-0.4, -0.2) is 26.1 Å². The van der Waals surface area contributed by atoms with E-state index in [-0.39, 0.29) is 5.48 Å². The van der Waals surface area contributed by atoms with E-state index in [1.807, 2.05) is 0 Å². The van der Waals surface area contributed by atoms with Crippen molar-refractivity contribution in [3.63, 3.8) is 0 Å². The van der Waals surface area contributed by atoms with E-state index in [9.17, 15) is 0 Å². The van der Waals surface area contributed by atoms with Crippen LogP contribution >= 0.6 is 0 Å². The van der Waals surface area contributed by atoms with Crippen molar-refractivity contribution in [2.75, 3.05) is 20.6 Å². The van der Waals surface area contributed by atoms with E-state index >= 15 is 0 Å². The monoisotopic (exact) mass is 265 g/mol. The first kappa shape index (κ1) is 18.1. The van der Waals surface area contributed by atoms with E-state index in [4.69, 9.17) is 0 Å². The Labute approximate surface area is 119 Å². The summed E-state index contributed by atoms with van der Waals surface area (Å²) >= 11 is 0. The highest BCUT2D eigenvalue weighted by Crippen LogP contribution is 2.19. The summed E-state index contributed by atoms with van der Waals surface area (Å²) in [6.07, 6.45) is 9.74. The van der Waals surface area contributed by atoms with Crippen molar-refractivity contribution in [1.29, 1.82) is 0 Å². The van der Waals surface area contributed by atoms with E-state index in [1.54, 1.807) is 0 Å². The summed E-state index contributed by atoms with van der Waals surface area (Å²) in [6.45, 7) is 3.53. The summed E-state index contributed by atoms with van der Waals surface area (Å²) < 4.78 is 1.01. The molecule has 0 saturated heterocycles. The molecule has 0 fully saturated rings. The highest BCUT2D eigenvalue weighted by Gasteiger charge is 2.17. The Morgan fingerprint density at radius 2 is 1.32 bits per heavy atom. The number of para-hydroxylation sites is 1. The van der Waals surface area contributed by atoms with Crippen LogP contribution in [0.5, 0.6) is 0 Å². The number of hydrogen-bond acceptors (Lipinski definition) is 1. The van der Waals surface area contributed by atoms with Crippen molar-refractivity contribution in [3.05, 3.63) is 30.3 Å². The smallest absolute Gasteiger partial charge is 0.132 e. The molecule has 1 N–H and O–H groups in total. The third-order valence-electron chi connectivity index (χ3n) is 3.78. The van der Waals surface area contributed by atoms with Crippen LogP contribution in [0.25, 0.3) is 0 Å². The summed E-state index contributed by atoms with van der Waals surface area (Å²) in [4.78, 5) is 0. The molecule has 0 aliphatic rings. The predicted molar refractivity (Wildman–Crippen MR) is 84.9 cm³/mol. The first-order valence-corrected chi connectivity index (χ1v) is 7.55. The molecule has 2 heteroatoms. The topological polar surface area (TPSA) is 30.0 Å². The zero-order valence-corrected chi connectivity index (χ0v) is 12.9. The van der Waals surface area contributed by atoms with Gasteiger partial charge in [-0.2, -0.15) is 0 Å². The third-order valence-corrected chi connectivity index (χ3v) is 3.78. The molecule has 0 heterocycles. The van der Waals surface area contributed by atoms with Gasteiger partial charge in [0.25, 0.3) is 0 Å². The molecule has 1 aromatic rings. The fraction of sp³-hybridized carbons (Fsp3) is 0.647. The van der Waals surface area contributed by atoms with Gasteiger partial charge in [0.15, 0.2) is 0 Å². The van der Waals surface area contributed by atoms with E-state index in [1.165, 1.54) is 57.2 Å². The van der Waals surface area contributed by atoms with Crippen LogP contribution in [0.3, 0.4) is 0 Å². The Morgan fingerprint density at radius 3 is 1.89 bits per heavy atom. The SMILES string of the molecule is CCCCCCCCC[N+](C)(C)c1ccccc1.[OH-]. The minimum atomic E-state index is 0. The van der Waals surface area contributed by atoms with Gasteiger partial charge in [0.1, 0.15) is 5.69 Å². The van der Waals surface area contributed by atoms with Crippen LogP contribution in [-0.2, 0) is 0 Å². The molecule has 0 unspecified atom stereocenters. The van der Waals surface area contributed by atoms with Crippen molar-refractivity contribution in [1.82, 2.24) is 4.48 Å². The molecule has 1 aromatic carbocycles. The lowest BCUT2D eigenvalue weighted by Crippen LogP contribution is -2.41. The standard InChI is InChI=1S/C17H30N.H2O/c1-4-5-6-7-8-9-13-16-18(2,3)17-14-11-10-12-15-17;/h10-12,14-15H,4-9,13,16H2,1-3H3;1H2/q+1;/p-1. The molecule has 0 atom stereocenters. The summed E-state index contributed by atoms with van der Waals surface area (Å²) in [7, 11) is 4.62. The fourth-order valence-electron chi connectivity index (χ4n) is 2.42. The van der Waals surface area contributed by atoms with Crippen molar-refractivity contribution in [2.45, 2.75) is 51.9 Å². The molecule has 1 rings (SSSR count). The number of nitrogens with zero attached hydrogens (tertiary/aromatic N) is 1. The molecule has 0 amide bonds. The first-order chi connectivity index (χ1) is 8.67. The Morgan fingerprint density at radius 1 is 0.789 bits per heavy atom. The van der Waals surface area contributed by atoms with E-state index in [0.29, 0.717) is 0 Å². The normalized spacial score (nSPS) is 11.1. The molecular weight excluding hydrogens is 234 g/mol. The minimum absolute atomic E-state index is 0. The van der Waals surface area contributed by atoms with Crippen LogP contribution in [0, 0.1) is 0 Å². The molecule has 19 heavy (non-hydrogen) atoms. The van der Waals surface area contributed by atoms with Gasteiger partial charge in [-0.3, -0.25) is 4.48 Å². The molecular formula is C17H31NO. The number of hydrogen-bond donors (Lipinski definition) is 0. The summed E-state index contributed by atoms with van der Waals surface area (Å²) in [5.41, 5.74) is 1.42. The lowest BCUT2D eigenvalue weighted by Gasteiger charge is -2.29. The largest absolute Gasteiger partial charge is 0.870 e. The first-order valence-electron chi connectivity index (χ1n) is 7.55. The molecule has 0 radical (unpaired) electrons. The van der Waals surface area contributed by atoms with Crippen molar-refractivity contribution in [3.8, 4) is 0 Å². The second-order valence-corrected chi connectivity index (χ2v) is 5.87. The lowest BCUT2D eigenvalue weighted by molar-refractivity contribution is 0.381. The molecule has 2 nitrogen and oxygen atoms in total. The quantitative estimate of drug-likeness (QED) is 0.464. The van der Waals surface area contributed by atoms with Gasteiger partial charge < -0.3 is 5.48 Å². The van der Waals surface area contributed by atoms with E-state index in [2.05, 4.69) is 51.4 Å². The highest BCUT2D eigenvalue weighted by atomic mass is 16.0. The maximum absolute atomic E-state index is 2.31. The maximum atomic E-state index is 2.31. The molecule has 110 valence electrons. The zero-order chi connectivity index (χ0) is 13.3. The maximum Gasteiger partial charge on any atom is 0.132 e. The zero-order valence-electron chi connectivity index (χ0n) is 12.9. The van der Waals surface area contributed by atoms with Crippen molar-refractivity contribution < 1.29 is 5.48 Å². The van der Waals surface area contributed by atoms with Crippen LogP contribution in [0.2, 0.25) is 0 Å². The van der Waals surface area contributed by atoms with Gasteiger partial charge in [0.2, 0.25) is 0 Å². The molecule has 0 aliphatic carbocycles. The molecule has 0 bridgehead atoms. The Kier molecular flexibility index (Phi) is 9.54. The van der Waals surface area contributed by atoms with Gasteiger partial charge in [-0.1, -0.05) is 57.2 Å². The van der Waals surface area contributed by atoms with Gasteiger partial charge in [0, 0.05) is 0 Å². The minimum Gasteiger partial charge on any atom is -0.870 e. The lowest BCUT2D eigenvalue weighted by atomic mass is 10.1. The second-order valence-electron chi connectivity index (χ2n) is 5.87. The van der Waals surface area contributed by atoms with Gasteiger partial charge in [-0.15, -0.1) is 0 Å². The van der Waals surface area contributed by atoms with Gasteiger partial charge in [-0.05, 0) is 25.0 Å². The summed E-state index contributed by atoms with van der Waals surface area (Å²) in [5, 5.41) is 0. The number of benzene rings is 1. The van der Waals surface area contributed by atoms with Gasteiger partial charge in [-0.25, -0.2) is 0 Å². The highest BCUT2D eigenvalue weighted by molar-refractivity contribution is 5.40. The van der Waals surface area contributed by atoms with Crippen LogP contribution in [0.1, 0.15) is 51.9 Å². The summed E-state index contributed by atoms with van der Waals surface area (Å²) in [6, 6.07) is 10.8.